The van der Waals surface area contributed by atoms with Crippen LogP contribution in [0.25, 0.3) is 16.9 Å². The Morgan fingerprint density at radius 1 is 1.24 bits per heavy atom. The molecule has 1 atom stereocenters. The number of hydrogen-bond donors (Lipinski definition) is 1. The molecule has 0 aliphatic rings. The normalized spacial score (nSPS) is 12.3. The molecule has 4 rings (SSSR count). The van der Waals surface area contributed by atoms with Gasteiger partial charge >= 0.3 is 0 Å². The lowest BCUT2D eigenvalue weighted by molar-refractivity contribution is 0.275. The van der Waals surface area contributed by atoms with Crippen LogP contribution < -0.4 is 4.74 Å². The quantitative estimate of drug-likeness (QED) is 0.381. The van der Waals surface area contributed by atoms with Crippen molar-refractivity contribution in [2.45, 2.75) is 11.1 Å². The minimum absolute atomic E-state index is 0.133. The van der Waals surface area contributed by atoms with E-state index in [-0.39, 0.29) is 12.4 Å². The topological polar surface area (TPSA) is 98.3 Å². The summed E-state index contributed by atoms with van der Waals surface area (Å²) < 4.78 is 20.6. The largest absolute Gasteiger partial charge is 0.494 e. The van der Waals surface area contributed by atoms with Crippen molar-refractivity contribution in [3.05, 3.63) is 59.9 Å². The number of hydrogen-bond acceptors (Lipinski definition) is 8. The summed E-state index contributed by atoms with van der Waals surface area (Å²) in [5.74, 6) is -0.563. The van der Waals surface area contributed by atoms with Gasteiger partial charge in [0.2, 0.25) is 0 Å². The summed E-state index contributed by atoms with van der Waals surface area (Å²) in [7, 11) is 1.40. The number of rotatable bonds is 6. The lowest BCUT2D eigenvalue weighted by Gasteiger charge is -2.13. The van der Waals surface area contributed by atoms with E-state index in [2.05, 4.69) is 25.3 Å². The zero-order chi connectivity index (χ0) is 20.4. The Labute approximate surface area is 169 Å². The van der Waals surface area contributed by atoms with Gasteiger partial charge in [-0.05, 0) is 36.1 Å². The third-order valence-corrected chi connectivity index (χ3v) is 5.03. The maximum atomic E-state index is 14.1. The molecule has 0 saturated heterocycles. The molecule has 0 saturated carbocycles. The summed E-state index contributed by atoms with van der Waals surface area (Å²) in [6, 6.07) is 8.11. The smallest absolute Gasteiger partial charge is 0.187 e. The molecule has 1 aromatic carbocycles. The molecule has 8 nitrogen and oxygen atoms in total. The molecular weight excluding hydrogens is 395 g/mol. The second-order valence-electron chi connectivity index (χ2n) is 6.13. The molecule has 1 N–H and O–H groups in total. The standard InChI is InChI=1S/C19H17FN6O2S/c1-28-16-4-3-11(7-14(16)20)13(10-27)18-25-24-17-8-12(9-22-26(17)18)15-5-6-21-19(23-15)29-2/h3-9,13,27H,10H2,1-2H3. The van der Waals surface area contributed by atoms with Gasteiger partial charge in [0.05, 0.1) is 31.5 Å². The van der Waals surface area contributed by atoms with Crippen molar-refractivity contribution in [2.24, 2.45) is 0 Å². The molecule has 4 aromatic rings. The molecule has 0 aliphatic heterocycles. The summed E-state index contributed by atoms with van der Waals surface area (Å²) in [5.41, 5.74) is 2.53. The minimum atomic E-state index is -0.592. The number of nitrogens with zero attached hydrogens (tertiary/aromatic N) is 6. The van der Waals surface area contributed by atoms with E-state index in [4.69, 9.17) is 4.74 Å². The third-order valence-electron chi connectivity index (χ3n) is 4.47. The van der Waals surface area contributed by atoms with Crippen molar-refractivity contribution >= 4 is 17.4 Å². The number of fused-ring (bicyclic) bond motifs is 1. The first-order valence-electron chi connectivity index (χ1n) is 8.67. The van der Waals surface area contributed by atoms with Gasteiger partial charge in [-0.15, -0.1) is 10.2 Å². The fourth-order valence-electron chi connectivity index (χ4n) is 3.00. The molecule has 10 heteroatoms. The van der Waals surface area contributed by atoms with E-state index >= 15 is 0 Å². The molecule has 29 heavy (non-hydrogen) atoms. The fraction of sp³-hybridized carbons (Fsp3) is 0.211. The summed E-state index contributed by atoms with van der Waals surface area (Å²) in [6.45, 7) is -0.279. The molecule has 3 aromatic heterocycles. The van der Waals surface area contributed by atoms with Crippen molar-refractivity contribution in [1.29, 1.82) is 0 Å². The number of benzene rings is 1. The van der Waals surface area contributed by atoms with Crippen LogP contribution in [0, 0.1) is 5.82 Å². The Kier molecular flexibility index (Phi) is 5.36. The highest BCUT2D eigenvalue weighted by molar-refractivity contribution is 7.98. The lowest BCUT2D eigenvalue weighted by atomic mass is 9.99. The average molecular weight is 412 g/mol. The minimum Gasteiger partial charge on any atom is -0.494 e. The highest BCUT2D eigenvalue weighted by Crippen LogP contribution is 2.28. The van der Waals surface area contributed by atoms with Crippen LogP contribution in [0.15, 0.2) is 47.9 Å². The first-order valence-corrected chi connectivity index (χ1v) is 9.90. The summed E-state index contributed by atoms with van der Waals surface area (Å²) in [6.07, 6.45) is 5.24. The fourth-order valence-corrected chi connectivity index (χ4v) is 3.36. The van der Waals surface area contributed by atoms with Crippen LogP contribution in [-0.2, 0) is 0 Å². The highest BCUT2D eigenvalue weighted by Gasteiger charge is 2.22. The maximum Gasteiger partial charge on any atom is 0.187 e. The SMILES string of the molecule is COc1ccc(C(CO)c2nnc3cc(-c4ccnc(SC)n4)cnn23)cc1F. The van der Waals surface area contributed by atoms with Crippen LogP contribution in [0.3, 0.4) is 0 Å². The zero-order valence-corrected chi connectivity index (χ0v) is 16.5. The third kappa shape index (κ3) is 3.64. The van der Waals surface area contributed by atoms with E-state index in [1.807, 2.05) is 6.26 Å². The van der Waals surface area contributed by atoms with Crippen LogP contribution in [-0.4, -0.2) is 54.9 Å². The van der Waals surface area contributed by atoms with E-state index in [1.54, 1.807) is 30.6 Å². The van der Waals surface area contributed by atoms with E-state index in [1.165, 1.54) is 35.5 Å². The molecule has 3 heterocycles. The Morgan fingerprint density at radius 2 is 2.10 bits per heavy atom. The number of aromatic nitrogens is 6. The van der Waals surface area contributed by atoms with Crippen LogP contribution in [0.5, 0.6) is 5.75 Å². The van der Waals surface area contributed by atoms with Gasteiger partial charge in [-0.3, -0.25) is 0 Å². The number of aliphatic hydroxyl groups is 1. The molecule has 148 valence electrons. The molecule has 0 amide bonds. The summed E-state index contributed by atoms with van der Waals surface area (Å²) >= 11 is 1.45. The van der Waals surface area contributed by atoms with Gasteiger partial charge in [-0.25, -0.2) is 14.4 Å². The van der Waals surface area contributed by atoms with Crippen LogP contribution in [0.4, 0.5) is 4.39 Å². The zero-order valence-electron chi connectivity index (χ0n) is 15.7. The van der Waals surface area contributed by atoms with Gasteiger partial charge in [0, 0.05) is 11.8 Å². The Bertz CT molecular complexity index is 1170. The molecule has 0 radical (unpaired) electrons. The second-order valence-corrected chi connectivity index (χ2v) is 6.90. The van der Waals surface area contributed by atoms with Crippen molar-refractivity contribution < 1.29 is 14.2 Å². The predicted octanol–water partition coefficient (Wildman–Crippen LogP) is 2.58. The Balaban J connectivity index is 1.73. The van der Waals surface area contributed by atoms with Crippen molar-refractivity contribution in [3.63, 3.8) is 0 Å². The first kappa shape index (κ1) is 19.2. The number of thioether (sulfide) groups is 1. The van der Waals surface area contributed by atoms with Crippen LogP contribution in [0.1, 0.15) is 17.3 Å². The van der Waals surface area contributed by atoms with Gasteiger partial charge in [-0.1, -0.05) is 17.8 Å². The van der Waals surface area contributed by atoms with Crippen molar-refractivity contribution in [2.75, 3.05) is 20.0 Å². The van der Waals surface area contributed by atoms with Gasteiger partial charge < -0.3 is 9.84 Å². The predicted molar refractivity (Wildman–Crippen MR) is 105 cm³/mol. The van der Waals surface area contributed by atoms with Crippen molar-refractivity contribution in [1.82, 2.24) is 29.8 Å². The van der Waals surface area contributed by atoms with Crippen LogP contribution >= 0.6 is 11.8 Å². The molecule has 0 aliphatic carbocycles. The van der Waals surface area contributed by atoms with E-state index in [0.29, 0.717) is 22.2 Å². The molecule has 0 fully saturated rings. The molecule has 1 unspecified atom stereocenters. The Morgan fingerprint density at radius 3 is 2.83 bits per heavy atom. The van der Waals surface area contributed by atoms with E-state index in [9.17, 15) is 9.50 Å². The molecule has 0 bridgehead atoms. The van der Waals surface area contributed by atoms with Crippen molar-refractivity contribution in [3.8, 4) is 17.0 Å². The van der Waals surface area contributed by atoms with Gasteiger partial charge in [0.1, 0.15) is 0 Å². The molecule has 0 spiro atoms. The number of ether oxygens (including phenoxy) is 1. The average Bonchev–Trinajstić information content (AvgIpc) is 3.17. The highest BCUT2D eigenvalue weighted by atomic mass is 32.2. The second kappa shape index (κ2) is 8.10. The lowest BCUT2D eigenvalue weighted by Crippen LogP contribution is -2.12. The van der Waals surface area contributed by atoms with E-state index < -0.39 is 11.7 Å². The number of aliphatic hydroxyl groups excluding tert-OH is 1. The summed E-state index contributed by atoms with van der Waals surface area (Å²) in [5, 5.41) is 23.4. The van der Waals surface area contributed by atoms with Gasteiger partial charge in [0.25, 0.3) is 0 Å². The monoisotopic (exact) mass is 412 g/mol. The number of methoxy groups -OCH3 is 1. The Hall–Kier alpha value is -3.11. The van der Waals surface area contributed by atoms with Gasteiger partial charge in [-0.2, -0.15) is 9.61 Å². The van der Waals surface area contributed by atoms with Crippen LogP contribution in [0.2, 0.25) is 0 Å². The van der Waals surface area contributed by atoms with Gasteiger partial charge in [0.15, 0.2) is 28.2 Å². The first-order chi connectivity index (χ1) is 14.1. The number of halogens is 1. The summed E-state index contributed by atoms with van der Waals surface area (Å²) in [4.78, 5) is 8.63. The van der Waals surface area contributed by atoms with E-state index in [0.717, 1.165) is 11.3 Å². The maximum absolute atomic E-state index is 14.1. The molecular formula is C19H17FN6O2S.